The Hall–Kier alpha value is -3.71. The number of hydrogen-bond acceptors (Lipinski definition) is 16. The number of aliphatic hydroxyl groups is 6. The number of phenols is 2. The summed E-state index contributed by atoms with van der Waals surface area (Å²) in [5.74, 6) is -3.82. The Morgan fingerprint density at radius 2 is 1.56 bits per heavy atom. The first-order chi connectivity index (χ1) is 21.2. The van der Waals surface area contributed by atoms with Crippen LogP contribution in [0.5, 0.6) is 17.2 Å². The molecule has 45 heavy (non-hydrogen) atoms. The van der Waals surface area contributed by atoms with Crippen molar-refractivity contribution in [3.63, 3.8) is 0 Å². The molecule has 0 radical (unpaired) electrons. The number of carbonyl (C=O) groups excluding carboxylic acids is 3. The van der Waals surface area contributed by atoms with E-state index in [0.29, 0.717) is 0 Å². The van der Waals surface area contributed by atoms with Crippen LogP contribution in [0.15, 0.2) is 24.3 Å². The zero-order valence-corrected chi connectivity index (χ0v) is 23.8. The molecule has 2 heterocycles. The molecular weight excluding hydrogens is 604 g/mol. The standard InChI is InChI=1S/C29H32O16/c1-9-19(33)24(38)26(40)28(42-9)45-27-25(39)23(37)17(8-41-10(2)31)44-29(27)43-16-6-14-18(22(36)15(16)7-30)21(35)12-4-3-11(32)5-13(12)20(14)34/h3-6,9,17,19,23-30,32-33,36-40H,7-8H2,1-2H3/t9-,17+,19-,23+,24+,25-,26+,27+,28-,29+/m0/s1. The van der Waals surface area contributed by atoms with Crippen molar-refractivity contribution in [2.24, 2.45) is 0 Å². The topological polar surface area (TPSA) is 259 Å². The molecule has 244 valence electrons. The number of aliphatic hydroxyl groups excluding tert-OH is 6. The first kappa shape index (κ1) is 32.7. The van der Waals surface area contributed by atoms with E-state index in [1.165, 1.54) is 19.1 Å². The van der Waals surface area contributed by atoms with E-state index in [-0.39, 0.29) is 28.0 Å². The summed E-state index contributed by atoms with van der Waals surface area (Å²) in [4.78, 5) is 38.1. The molecule has 2 fully saturated rings. The molecule has 8 N–H and O–H groups in total. The molecule has 0 amide bonds. The minimum absolute atomic E-state index is 0.0970. The molecule has 1 aliphatic carbocycles. The zero-order valence-electron chi connectivity index (χ0n) is 23.8. The van der Waals surface area contributed by atoms with Gasteiger partial charge in [0, 0.05) is 23.6 Å². The largest absolute Gasteiger partial charge is 0.508 e. The Bertz CT molecular complexity index is 1490. The van der Waals surface area contributed by atoms with Gasteiger partial charge in [-0.15, -0.1) is 0 Å². The van der Waals surface area contributed by atoms with Gasteiger partial charge in [-0.3, -0.25) is 14.4 Å². The number of aromatic hydroxyl groups is 2. The number of esters is 1. The van der Waals surface area contributed by atoms with Gasteiger partial charge in [-0.1, -0.05) is 0 Å². The maximum absolute atomic E-state index is 13.4. The molecular formula is C29H32O16. The summed E-state index contributed by atoms with van der Waals surface area (Å²) >= 11 is 0. The molecule has 3 aliphatic rings. The SMILES string of the molecule is CC(=O)OC[C@H]1O[C@@H](Oc2cc3c(c(O)c2CO)C(=O)c2ccc(O)cc2C3=O)[C@H](O[C@@H]2O[C@@H](C)[C@H](O)[C@@H](O)[C@H]2O)[C@@H](O)[C@@H]1O. The van der Waals surface area contributed by atoms with E-state index in [2.05, 4.69) is 0 Å². The van der Waals surface area contributed by atoms with E-state index in [1.54, 1.807) is 0 Å². The molecule has 0 aromatic heterocycles. The van der Waals surface area contributed by atoms with Crippen LogP contribution >= 0.6 is 0 Å². The van der Waals surface area contributed by atoms with E-state index in [0.717, 1.165) is 19.1 Å². The van der Waals surface area contributed by atoms with Crippen molar-refractivity contribution in [1.29, 1.82) is 0 Å². The zero-order chi connectivity index (χ0) is 32.9. The van der Waals surface area contributed by atoms with Crippen LogP contribution in [0.4, 0.5) is 0 Å². The van der Waals surface area contributed by atoms with Crippen LogP contribution in [0, 0.1) is 0 Å². The van der Waals surface area contributed by atoms with Gasteiger partial charge in [0.15, 0.2) is 24.0 Å². The Kier molecular flexibility index (Phi) is 9.14. The van der Waals surface area contributed by atoms with Crippen LogP contribution in [-0.4, -0.2) is 126 Å². The first-order valence-electron chi connectivity index (χ1n) is 13.8. The van der Waals surface area contributed by atoms with Gasteiger partial charge < -0.3 is 64.5 Å². The Morgan fingerprint density at radius 1 is 0.844 bits per heavy atom. The van der Waals surface area contributed by atoms with Gasteiger partial charge in [0.05, 0.1) is 23.8 Å². The second-order valence-electron chi connectivity index (χ2n) is 10.9. The lowest BCUT2D eigenvalue weighted by atomic mass is 9.82. The van der Waals surface area contributed by atoms with Crippen LogP contribution in [-0.2, 0) is 30.3 Å². The van der Waals surface area contributed by atoms with Gasteiger partial charge in [0.2, 0.25) is 6.29 Å². The van der Waals surface area contributed by atoms with Crippen LogP contribution in [0.2, 0.25) is 0 Å². The lowest BCUT2D eigenvalue weighted by Gasteiger charge is -2.45. The number of ketones is 2. The molecule has 0 spiro atoms. The summed E-state index contributed by atoms with van der Waals surface area (Å²) in [6, 6.07) is 4.50. The van der Waals surface area contributed by atoms with Gasteiger partial charge in [-0.2, -0.15) is 0 Å². The number of benzene rings is 2. The minimum atomic E-state index is -1.90. The molecule has 16 nitrogen and oxygen atoms in total. The summed E-state index contributed by atoms with van der Waals surface area (Å²) in [5, 5.41) is 83.7. The number of rotatable bonds is 7. The smallest absolute Gasteiger partial charge is 0.302 e. The second-order valence-corrected chi connectivity index (χ2v) is 10.9. The number of hydrogen-bond donors (Lipinski definition) is 8. The monoisotopic (exact) mass is 636 g/mol. The third kappa shape index (κ3) is 5.87. The Labute approximate surface area is 254 Å². The molecule has 0 unspecified atom stereocenters. The quantitative estimate of drug-likeness (QED) is 0.130. The predicted molar refractivity (Wildman–Crippen MR) is 144 cm³/mol. The van der Waals surface area contributed by atoms with Crippen molar-refractivity contribution in [3.8, 4) is 17.2 Å². The fourth-order valence-corrected chi connectivity index (χ4v) is 5.44. The number of phenolic OH excluding ortho intramolecular Hbond substituents is 1. The van der Waals surface area contributed by atoms with Crippen LogP contribution in [0.3, 0.4) is 0 Å². The normalized spacial score (nSPS) is 32.9. The number of ether oxygens (including phenoxy) is 5. The van der Waals surface area contributed by atoms with E-state index in [4.69, 9.17) is 23.7 Å². The molecule has 0 saturated carbocycles. The number of fused-ring (bicyclic) bond motifs is 2. The van der Waals surface area contributed by atoms with Crippen molar-refractivity contribution in [1.82, 2.24) is 0 Å². The van der Waals surface area contributed by atoms with Crippen molar-refractivity contribution in [3.05, 3.63) is 52.1 Å². The maximum Gasteiger partial charge on any atom is 0.302 e. The molecule has 2 aromatic carbocycles. The lowest BCUT2D eigenvalue weighted by molar-refractivity contribution is -0.354. The highest BCUT2D eigenvalue weighted by Crippen LogP contribution is 2.42. The summed E-state index contributed by atoms with van der Waals surface area (Å²) in [7, 11) is 0. The van der Waals surface area contributed by atoms with Crippen LogP contribution in [0.25, 0.3) is 0 Å². The van der Waals surface area contributed by atoms with Gasteiger partial charge in [-0.25, -0.2) is 0 Å². The molecule has 2 aromatic rings. The molecule has 2 aliphatic heterocycles. The fourth-order valence-electron chi connectivity index (χ4n) is 5.44. The van der Waals surface area contributed by atoms with Crippen molar-refractivity contribution in [2.75, 3.05) is 6.61 Å². The van der Waals surface area contributed by atoms with Crippen molar-refractivity contribution < 1.29 is 78.9 Å². The van der Waals surface area contributed by atoms with Gasteiger partial charge >= 0.3 is 5.97 Å². The third-order valence-corrected chi connectivity index (χ3v) is 7.93. The average molecular weight is 637 g/mol. The van der Waals surface area contributed by atoms with E-state index in [9.17, 15) is 55.2 Å². The van der Waals surface area contributed by atoms with Crippen molar-refractivity contribution >= 4 is 17.5 Å². The van der Waals surface area contributed by atoms with Gasteiger partial charge in [0.25, 0.3) is 0 Å². The summed E-state index contributed by atoms with van der Waals surface area (Å²) in [6.07, 6.45) is -16.5. The van der Waals surface area contributed by atoms with E-state index >= 15 is 0 Å². The predicted octanol–water partition coefficient (Wildman–Crippen LogP) is -2.03. The minimum Gasteiger partial charge on any atom is -0.508 e. The summed E-state index contributed by atoms with van der Waals surface area (Å²) < 4.78 is 27.7. The first-order valence-corrected chi connectivity index (χ1v) is 13.8. The molecule has 16 heteroatoms. The molecule has 2 saturated heterocycles. The number of carbonyl (C=O) groups is 3. The average Bonchev–Trinajstić information content (AvgIpc) is 2.99. The Balaban J connectivity index is 1.53. The molecule has 0 bridgehead atoms. The van der Waals surface area contributed by atoms with E-state index in [1.807, 2.05) is 0 Å². The maximum atomic E-state index is 13.4. The lowest BCUT2D eigenvalue weighted by Crippen LogP contribution is -2.64. The molecule has 10 atom stereocenters. The van der Waals surface area contributed by atoms with Crippen LogP contribution < -0.4 is 4.74 Å². The fraction of sp³-hybridized carbons (Fsp3) is 0.483. The van der Waals surface area contributed by atoms with Gasteiger partial charge in [-0.05, 0) is 31.2 Å². The van der Waals surface area contributed by atoms with Crippen molar-refractivity contribution in [2.45, 2.75) is 81.9 Å². The van der Waals surface area contributed by atoms with E-state index < -0.39 is 109 Å². The summed E-state index contributed by atoms with van der Waals surface area (Å²) in [6.45, 7) is 0.972. The highest BCUT2D eigenvalue weighted by atomic mass is 16.8. The van der Waals surface area contributed by atoms with Gasteiger partial charge in [0.1, 0.15) is 60.5 Å². The Morgan fingerprint density at radius 3 is 2.22 bits per heavy atom. The molecule has 5 rings (SSSR count). The highest BCUT2D eigenvalue weighted by molar-refractivity contribution is 6.29. The second kappa shape index (κ2) is 12.6. The van der Waals surface area contributed by atoms with Crippen LogP contribution in [0.1, 0.15) is 51.3 Å². The third-order valence-electron chi connectivity index (χ3n) is 7.93. The summed E-state index contributed by atoms with van der Waals surface area (Å²) in [5.41, 5.74) is -1.43. The highest BCUT2D eigenvalue weighted by Gasteiger charge is 2.51.